The highest BCUT2D eigenvalue weighted by atomic mass is 35.5. The fraction of sp³-hybridized carbons (Fsp3) is 0.500. The van der Waals surface area contributed by atoms with Crippen molar-refractivity contribution in [3.8, 4) is 0 Å². The van der Waals surface area contributed by atoms with Crippen molar-refractivity contribution in [2.45, 2.75) is 19.8 Å². The number of nitro groups is 1. The summed E-state index contributed by atoms with van der Waals surface area (Å²) in [5.74, 6) is -0.819. The van der Waals surface area contributed by atoms with Gasteiger partial charge < -0.3 is 9.47 Å². The molecule has 0 bridgehead atoms. The molecule has 0 fully saturated rings. The van der Waals surface area contributed by atoms with E-state index >= 15 is 0 Å². The van der Waals surface area contributed by atoms with E-state index in [0.29, 0.717) is 6.61 Å². The van der Waals surface area contributed by atoms with Crippen molar-refractivity contribution >= 4 is 23.3 Å². The zero-order valence-corrected chi connectivity index (χ0v) is 11.8. The molecule has 7 nitrogen and oxygen atoms in total. The first-order chi connectivity index (χ1) is 9.56. The Morgan fingerprint density at radius 3 is 2.85 bits per heavy atom. The molecule has 1 heterocycles. The summed E-state index contributed by atoms with van der Waals surface area (Å²) in [4.78, 5) is 25.4. The summed E-state index contributed by atoms with van der Waals surface area (Å²) in [6, 6.07) is 1.11. The van der Waals surface area contributed by atoms with Gasteiger partial charge in [0, 0.05) is 6.61 Å². The molecule has 0 aliphatic rings. The Kier molecular flexibility index (Phi) is 6.89. The van der Waals surface area contributed by atoms with Crippen molar-refractivity contribution in [3.63, 3.8) is 0 Å². The lowest BCUT2D eigenvalue weighted by Crippen LogP contribution is -2.13. The van der Waals surface area contributed by atoms with E-state index in [-0.39, 0.29) is 23.9 Å². The van der Waals surface area contributed by atoms with Crippen LogP contribution in [0.4, 0.5) is 5.69 Å². The van der Waals surface area contributed by atoms with E-state index in [1.807, 2.05) is 6.92 Å². The predicted octanol–water partition coefficient (Wildman–Crippen LogP) is 2.62. The van der Waals surface area contributed by atoms with Crippen LogP contribution in [0.5, 0.6) is 0 Å². The molecule has 0 spiro atoms. The average Bonchev–Trinajstić information content (AvgIpc) is 2.42. The summed E-state index contributed by atoms with van der Waals surface area (Å²) in [6.45, 7) is 2.91. The lowest BCUT2D eigenvalue weighted by molar-refractivity contribution is -0.385. The molecule has 110 valence electrons. The van der Waals surface area contributed by atoms with Crippen LogP contribution in [0.1, 0.15) is 30.1 Å². The van der Waals surface area contributed by atoms with Crippen LogP contribution in [0, 0.1) is 10.1 Å². The Morgan fingerprint density at radius 1 is 1.45 bits per heavy atom. The zero-order chi connectivity index (χ0) is 15.0. The lowest BCUT2D eigenvalue weighted by Gasteiger charge is -2.06. The number of nitrogens with zero attached hydrogens (tertiary/aromatic N) is 2. The van der Waals surface area contributed by atoms with Gasteiger partial charge in [0.2, 0.25) is 0 Å². The summed E-state index contributed by atoms with van der Waals surface area (Å²) in [7, 11) is 0. The van der Waals surface area contributed by atoms with E-state index in [4.69, 9.17) is 21.1 Å². The van der Waals surface area contributed by atoms with E-state index in [1.54, 1.807) is 0 Å². The number of unbranched alkanes of at least 4 members (excludes halogenated alkanes) is 1. The fourth-order valence-corrected chi connectivity index (χ4v) is 1.51. The van der Waals surface area contributed by atoms with Crippen LogP contribution in [0.25, 0.3) is 0 Å². The van der Waals surface area contributed by atoms with Crippen LogP contribution >= 0.6 is 11.6 Å². The molecule has 1 aromatic heterocycles. The first kappa shape index (κ1) is 16.3. The number of carbonyl (C=O) groups excluding carboxylic acids is 1. The topological polar surface area (TPSA) is 91.6 Å². The molecule has 0 amide bonds. The first-order valence-corrected chi connectivity index (χ1v) is 6.48. The van der Waals surface area contributed by atoms with Gasteiger partial charge in [-0.25, -0.2) is 9.78 Å². The molecule has 0 atom stereocenters. The third-order valence-corrected chi connectivity index (χ3v) is 2.58. The quantitative estimate of drug-likeness (QED) is 0.241. The average molecular weight is 303 g/mol. The number of rotatable bonds is 8. The van der Waals surface area contributed by atoms with Gasteiger partial charge >= 0.3 is 11.7 Å². The predicted molar refractivity (Wildman–Crippen MR) is 71.9 cm³/mol. The minimum absolute atomic E-state index is 0.0123. The third kappa shape index (κ3) is 5.10. The van der Waals surface area contributed by atoms with Crippen LogP contribution in [0.15, 0.2) is 12.3 Å². The molecule has 0 aliphatic carbocycles. The number of aromatic nitrogens is 1. The minimum atomic E-state index is -0.819. The van der Waals surface area contributed by atoms with Crippen molar-refractivity contribution in [1.29, 1.82) is 0 Å². The van der Waals surface area contributed by atoms with Crippen molar-refractivity contribution in [2.75, 3.05) is 19.8 Å². The van der Waals surface area contributed by atoms with Gasteiger partial charge in [0.05, 0.1) is 11.5 Å². The van der Waals surface area contributed by atoms with Crippen LogP contribution in [0.2, 0.25) is 5.15 Å². The number of carbonyl (C=O) groups is 1. The molecule has 0 N–H and O–H groups in total. The van der Waals surface area contributed by atoms with Crippen molar-refractivity contribution < 1.29 is 19.2 Å². The Balaban J connectivity index is 2.54. The molecule has 0 radical (unpaired) electrons. The summed E-state index contributed by atoms with van der Waals surface area (Å²) in [5.41, 5.74) is -0.658. The van der Waals surface area contributed by atoms with Crippen molar-refractivity contribution in [1.82, 2.24) is 4.98 Å². The third-order valence-electron chi connectivity index (χ3n) is 2.37. The van der Waals surface area contributed by atoms with Crippen LogP contribution < -0.4 is 0 Å². The number of halogens is 1. The van der Waals surface area contributed by atoms with Gasteiger partial charge in [-0.15, -0.1) is 0 Å². The summed E-state index contributed by atoms with van der Waals surface area (Å²) >= 11 is 5.62. The maximum Gasteiger partial charge on any atom is 0.345 e. The summed E-state index contributed by atoms with van der Waals surface area (Å²) in [6.07, 6.45) is 2.87. The molecule has 0 saturated carbocycles. The lowest BCUT2D eigenvalue weighted by atomic mass is 10.2. The van der Waals surface area contributed by atoms with E-state index in [0.717, 1.165) is 25.1 Å². The van der Waals surface area contributed by atoms with E-state index < -0.39 is 16.6 Å². The van der Waals surface area contributed by atoms with Gasteiger partial charge in [-0.05, 0) is 12.5 Å². The Bertz CT molecular complexity index is 481. The summed E-state index contributed by atoms with van der Waals surface area (Å²) in [5, 5.41) is 10.8. The van der Waals surface area contributed by atoms with Crippen LogP contribution in [0.3, 0.4) is 0 Å². The Morgan fingerprint density at radius 2 is 2.20 bits per heavy atom. The van der Waals surface area contributed by atoms with Crippen molar-refractivity contribution in [2.24, 2.45) is 0 Å². The van der Waals surface area contributed by atoms with E-state index in [1.165, 1.54) is 0 Å². The number of esters is 1. The first-order valence-electron chi connectivity index (χ1n) is 6.11. The number of hydrogen-bond donors (Lipinski definition) is 0. The highest BCUT2D eigenvalue weighted by Crippen LogP contribution is 2.21. The highest BCUT2D eigenvalue weighted by Gasteiger charge is 2.22. The second-order valence-corrected chi connectivity index (χ2v) is 4.27. The molecular weight excluding hydrogens is 288 g/mol. The minimum Gasteiger partial charge on any atom is -0.459 e. The fourth-order valence-electron chi connectivity index (χ4n) is 1.35. The van der Waals surface area contributed by atoms with Gasteiger partial charge in [-0.3, -0.25) is 10.1 Å². The van der Waals surface area contributed by atoms with Gasteiger partial charge in [0.15, 0.2) is 0 Å². The molecule has 1 rings (SSSR count). The number of ether oxygens (including phenoxy) is 2. The number of pyridine rings is 1. The van der Waals surface area contributed by atoms with Crippen LogP contribution in [-0.2, 0) is 9.47 Å². The second-order valence-electron chi connectivity index (χ2n) is 3.88. The molecule has 0 unspecified atom stereocenters. The maximum absolute atomic E-state index is 11.7. The molecule has 8 heteroatoms. The molecule has 0 saturated heterocycles. The van der Waals surface area contributed by atoms with Crippen molar-refractivity contribution in [3.05, 3.63) is 33.1 Å². The molecular formula is C12H15ClN2O5. The van der Waals surface area contributed by atoms with Crippen LogP contribution in [-0.4, -0.2) is 35.7 Å². The monoisotopic (exact) mass is 302 g/mol. The van der Waals surface area contributed by atoms with E-state index in [9.17, 15) is 14.9 Å². The molecule has 1 aromatic rings. The van der Waals surface area contributed by atoms with Gasteiger partial charge in [0.1, 0.15) is 23.5 Å². The molecule has 20 heavy (non-hydrogen) atoms. The largest absolute Gasteiger partial charge is 0.459 e. The van der Waals surface area contributed by atoms with Gasteiger partial charge in [-0.1, -0.05) is 24.9 Å². The SMILES string of the molecule is CCCCOCCOC(=O)c1cc(Cl)ncc1[N+](=O)[O-]. The smallest absolute Gasteiger partial charge is 0.345 e. The Hall–Kier alpha value is -1.73. The Labute approximate surface area is 121 Å². The van der Waals surface area contributed by atoms with Gasteiger partial charge in [-0.2, -0.15) is 0 Å². The number of hydrogen-bond acceptors (Lipinski definition) is 6. The normalized spacial score (nSPS) is 10.3. The van der Waals surface area contributed by atoms with Gasteiger partial charge in [0.25, 0.3) is 0 Å². The van der Waals surface area contributed by atoms with E-state index in [2.05, 4.69) is 4.98 Å². The maximum atomic E-state index is 11.7. The molecule has 0 aliphatic heterocycles. The standard InChI is InChI=1S/C12H15ClN2O5/c1-2-3-4-19-5-6-20-12(16)9-7-11(13)14-8-10(9)15(17)18/h7-8H,2-6H2,1H3. The highest BCUT2D eigenvalue weighted by molar-refractivity contribution is 6.29. The zero-order valence-electron chi connectivity index (χ0n) is 11.0. The second kappa shape index (κ2) is 8.44. The molecule has 0 aromatic carbocycles. The summed E-state index contributed by atoms with van der Waals surface area (Å²) < 4.78 is 10.1.